The number of aliphatic hydroxyl groups excluding tert-OH is 1. The number of aliphatic hydroxyl groups is 1. The van der Waals surface area contributed by atoms with E-state index in [0.29, 0.717) is 11.9 Å². The highest BCUT2D eigenvalue weighted by Gasteiger charge is 2.26. The van der Waals surface area contributed by atoms with Crippen LogP contribution < -0.4 is 10.2 Å². The van der Waals surface area contributed by atoms with Gasteiger partial charge in [-0.05, 0) is 30.9 Å². The third-order valence-electron chi connectivity index (χ3n) is 3.76. The Kier molecular flexibility index (Phi) is 3.44. The molecule has 0 aliphatic heterocycles. The molecule has 1 aromatic heterocycles. The Balaban J connectivity index is 1.87. The minimum atomic E-state index is -0.110. The monoisotopic (exact) mass is 272 g/mol. The number of benzene rings is 1. The van der Waals surface area contributed by atoms with E-state index in [-0.39, 0.29) is 6.10 Å². The van der Waals surface area contributed by atoms with E-state index >= 15 is 0 Å². The van der Waals surface area contributed by atoms with Gasteiger partial charge in [-0.15, -0.1) is 0 Å². The Labute approximate surface area is 118 Å². The van der Waals surface area contributed by atoms with E-state index in [2.05, 4.69) is 15.3 Å². The van der Waals surface area contributed by atoms with Crippen LogP contribution in [0.4, 0.5) is 11.8 Å². The highest BCUT2D eigenvalue weighted by atomic mass is 16.3. The third kappa shape index (κ3) is 2.54. The van der Waals surface area contributed by atoms with Crippen LogP contribution in [0.5, 0.6) is 0 Å². The zero-order chi connectivity index (χ0) is 14.1. The van der Waals surface area contributed by atoms with Crippen LogP contribution in [-0.2, 0) is 0 Å². The molecule has 1 aliphatic carbocycles. The first kappa shape index (κ1) is 13.1. The molecule has 0 atom stereocenters. The summed E-state index contributed by atoms with van der Waals surface area (Å²) in [7, 11) is 3.88. The van der Waals surface area contributed by atoms with Crippen molar-refractivity contribution in [3.05, 3.63) is 24.3 Å². The summed E-state index contributed by atoms with van der Waals surface area (Å²) in [6.45, 7) is 0.852. The quantitative estimate of drug-likeness (QED) is 0.890. The number of para-hydroxylation sites is 1. The maximum Gasteiger partial charge on any atom is 0.227 e. The molecule has 5 heteroatoms. The van der Waals surface area contributed by atoms with Crippen molar-refractivity contribution < 1.29 is 5.11 Å². The first-order chi connectivity index (χ1) is 9.63. The largest absolute Gasteiger partial charge is 0.393 e. The fourth-order valence-corrected chi connectivity index (χ4v) is 2.51. The first-order valence-electron chi connectivity index (χ1n) is 6.99. The van der Waals surface area contributed by atoms with Gasteiger partial charge in [-0.1, -0.05) is 12.1 Å². The summed E-state index contributed by atoms with van der Waals surface area (Å²) in [5.74, 6) is 2.13. The van der Waals surface area contributed by atoms with Crippen LogP contribution in [0.2, 0.25) is 0 Å². The molecule has 5 nitrogen and oxygen atoms in total. The van der Waals surface area contributed by atoms with E-state index in [1.165, 1.54) is 0 Å². The molecule has 20 heavy (non-hydrogen) atoms. The molecular weight excluding hydrogens is 252 g/mol. The van der Waals surface area contributed by atoms with Crippen molar-refractivity contribution in [2.75, 3.05) is 30.9 Å². The van der Waals surface area contributed by atoms with Crippen molar-refractivity contribution in [2.24, 2.45) is 5.92 Å². The Bertz CT molecular complexity index is 608. The summed E-state index contributed by atoms with van der Waals surface area (Å²) < 4.78 is 0. The summed E-state index contributed by atoms with van der Waals surface area (Å²) >= 11 is 0. The standard InChI is InChI=1S/C15H20N4O/c1-19(2)15-17-13-6-4-3-5-12(13)14(18-15)16-9-10-7-11(20)8-10/h3-6,10-11,20H,7-9H2,1-2H3,(H,16,17,18). The van der Waals surface area contributed by atoms with E-state index < -0.39 is 0 Å². The van der Waals surface area contributed by atoms with E-state index in [0.717, 1.165) is 36.1 Å². The Morgan fingerprint density at radius 3 is 2.70 bits per heavy atom. The second-order valence-corrected chi connectivity index (χ2v) is 5.66. The van der Waals surface area contributed by atoms with Gasteiger partial charge in [-0.25, -0.2) is 4.98 Å². The summed E-state index contributed by atoms with van der Waals surface area (Å²) in [5, 5.41) is 13.8. The lowest BCUT2D eigenvalue weighted by Crippen LogP contribution is -2.33. The zero-order valence-electron chi connectivity index (χ0n) is 11.9. The van der Waals surface area contributed by atoms with Gasteiger partial charge < -0.3 is 15.3 Å². The van der Waals surface area contributed by atoms with Crippen LogP contribution in [0, 0.1) is 5.92 Å². The van der Waals surface area contributed by atoms with Crippen molar-refractivity contribution in [3.8, 4) is 0 Å². The summed E-state index contributed by atoms with van der Waals surface area (Å²) in [4.78, 5) is 11.0. The second kappa shape index (κ2) is 5.25. The number of fused-ring (bicyclic) bond motifs is 1. The molecule has 1 fully saturated rings. The van der Waals surface area contributed by atoms with E-state index in [4.69, 9.17) is 0 Å². The van der Waals surface area contributed by atoms with E-state index in [1.807, 2.05) is 43.3 Å². The van der Waals surface area contributed by atoms with Crippen LogP contribution in [0.25, 0.3) is 10.9 Å². The molecule has 1 saturated carbocycles. The van der Waals surface area contributed by atoms with Gasteiger partial charge in [0, 0.05) is 26.0 Å². The number of aromatic nitrogens is 2. The van der Waals surface area contributed by atoms with E-state index in [1.54, 1.807) is 0 Å². The maximum absolute atomic E-state index is 9.34. The summed E-state index contributed by atoms with van der Waals surface area (Å²) in [6.07, 6.45) is 1.66. The van der Waals surface area contributed by atoms with Crippen LogP contribution in [0.1, 0.15) is 12.8 Å². The Morgan fingerprint density at radius 2 is 2.00 bits per heavy atom. The fraction of sp³-hybridized carbons (Fsp3) is 0.467. The van der Waals surface area contributed by atoms with Gasteiger partial charge in [0.05, 0.1) is 11.6 Å². The van der Waals surface area contributed by atoms with Crippen molar-refractivity contribution in [2.45, 2.75) is 18.9 Å². The van der Waals surface area contributed by atoms with Crippen molar-refractivity contribution in [3.63, 3.8) is 0 Å². The molecule has 0 radical (unpaired) electrons. The number of anilines is 2. The highest BCUT2D eigenvalue weighted by molar-refractivity contribution is 5.90. The van der Waals surface area contributed by atoms with Crippen LogP contribution in [0.3, 0.4) is 0 Å². The third-order valence-corrected chi connectivity index (χ3v) is 3.76. The molecule has 2 aromatic rings. The predicted molar refractivity (Wildman–Crippen MR) is 81.1 cm³/mol. The lowest BCUT2D eigenvalue weighted by Gasteiger charge is -2.31. The molecule has 0 unspecified atom stereocenters. The summed E-state index contributed by atoms with van der Waals surface area (Å²) in [5.41, 5.74) is 0.947. The minimum absolute atomic E-state index is 0.110. The minimum Gasteiger partial charge on any atom is -0.393 e. The van der Waals surface area contributed by atoms with Crippen molar-refractivity contribution in [1.82, 2.24) is 9.97 Å². The van der Waals surface area contributed by atoms with Crippen molar-refractivity contribution >= 4 is 22.7 Å². The molecule has 1 heterocycles. The average Bonchev–Trinajstić information content (AvgIpc) is 2.41. The molecule has 3 rings (SSSR count). The SMILES string of the molecule is CN(C)c1nc(NCC2CC(O)C2)c2ccccc2n1. The van der Waals surface area contributed by atoms with Crippen molar-refractivity contribution in [1.29, 1.82) is 0 Å². The number of nitrogens with one attached hydrogen (secondary N) is 1. The van der Waals surface area contributed by atoms with Crippen LogP contribution in [-0.4, -0.2) is 41.8 Å². The molecule has 0 amide bonds. The van der Waals surface area contributed by atoms with Gasteiger partial charge in [0.2, 0.25) is 5.95 Å². The summed E-state index contributed by atoms with van der Waals surface area (Å²) in [6, 6.07) is 8.02. The van der Waals surface area contributed by atoms with Gasteiger partial charge in [-0.2, -0.15) is 4.98 Å². The zero-order valence-corrected chi connectivity index (χ0v) is 11.9. The Hall–Kier alpha value is -1.88. The first-order valence-corrected chi connectivity index (χ1v) is 6.99. The van der Waals surface area contributed by atoms with E-state index in [9.17, 15) is 5.11 Å². The lowest BCUT2D eigenvalue weighted by atomic mass is 9.82. The average molecular weight is 272 g/mol. The highest BCUT2D eigenvalue weighted by Crippen LogP contribution is 2.28. The predicted octanol–water partition coefficient (Wildman–Crippen LogP) is 1.88. The number of hydrogen-bond donors (Lipinski definition) is 2. The number of rotatable bonds is 4. The molecule has 106 valence electrons. The van der Waals surface area contributed by atoms with Gasteiger partial charge in [0.25, 0.3) is 0 Å². The smallest absolute Gasteiger partial charge is 0.227 e. The van der Waals surface area contributed by atoms with Gasteiger partial charge in [0.15, 0.2) is 0 Å². The molecule has 0 spiro atoms. The number of nitrogens with zero attached hydrogens (tertiary/aromatic N) is 3. The number of hydrogen-bond acceptors (Lipinski definition) is 5. The Morgan fingerprint density at radius 1 is 1.25 bits per heavy atom. The fourth-order valence-electron chi connectivity index (χ4n) is 2.51. The molecule has 0 bridgehead atoms. The molecule has 1 aliphatic rings. The van der Waals surface area contributed by atoms with Crippen LogP contribution in [0.15, 0.2) is 24.3 Å². The lowest BCUT2D eigenvalue weighted by molar-refractivity contribution is 0.0486. The molecule has 0 saturated heterocycles. The maximum atomic E-state index is 9.34. The molecular formula is C15H20N4O. The topological polar surface area (TPSA) is 61.3 Å². The van der Waals surface area contributed by atoms with Gasteiger partial charge in [0.1, 0.15) is 5.82 Å². The van der Waals surface area contributed by atoms with Gasteiger partial charge in [-0.3, -0.25) is 0 Å². The van der Waals surface area contributed by atoms with Gasteiger partial charge >= 0.3 is 0 Å². The molecule has 2 N–H and O–H groups in total. The molecule has 1 aromatic carbocycles. The second-order valence-electron chi connectivity index (χ2n) is 5.66. The normalized spacial score (nSPS) is 21.6. The van der Waals surface area contributed by atoms with Crippen LogP contribution >= 0.6 is 0 Å².